The maximum atomic E-state index is 12.0. The van der Waals surface area contributed by atoms with Gasteiger partial charge in [0, 0.05) is 25.2 Å². The van der Waals surface area contributed by atoms with Crippen LogP contribution in [-0.4, -0.2) is 35.1 Å². The van der Waals surface area contributed by atoms with E-state index >= 15 is 0 Å². The van der Waals surface area contributed by atoms with Gasteiger partial charge in [-0.3, -0.25) is 4.79 Å². The van der Waals surface area contributed by atoms with Gasteiger partial charge in [0.25, 0.3) is 5.91 Å². The summed E-state index contributed by atoms with van der Waals surface area (Å²) >= 11 is 0. The van der Waals surface area contributed by atoms with Gasteiger partial charge < -0.3 is 5.11 Å². The predicted octanol–water partition coefficient (Wildman–Crippen LogP) is 0.784. The van der Waals surface area contributed by atoms with Gasteiger partial charge in [-0.05, 0) is 13.0 Å². The van der Waals surface area contributed by atoms with E-state index in [1.165, 1.54) is 5.01 Å². The summed E-state index contributed by atoms with van der Waals surface area (Å²) in [4.78, 5) is 12.0. The van der Waals surface area contributed by atoms with Gasteiger partial charge in [-0.1, -0.05) is 18.2 Å². The zero-order valence-corrected chi connectivity index (χ0v) is 9.06. The molecule has 15 heavy (non-hydrogen) atoms. The third-order valence-corrected chi connectivity index (χ3v) is 2.67. The standard InChI is InChI=1S/C11H14N2O2/c1-11(15)9-7-5-4-6-8(9)10(14)13(11)12(2)3/h4-7,15H,1-3H3. The second-order valence-electron chi connectivity index (χ2n) is 4.03. The second kappa shape index (κ2) is 3.05. The van der Waals surface area contributed by atoms with Crippen molar-refractivity contribution in [1.82, 2.24) is 10.0 Å². The summed E-state index contributed by atoms with van der Waals surface area (Å²) in [5.41, 5.74) is -0.0307. The molecular weight excluding hydrogens is 192 g/mol. The smallest absolute Gasteiger partial charge is 0.271 e. The monoisotopic (exact) mass is 206 g/mol. The SMILES string of the molecule is CN(C)N1C(=O)c2ccccc2C1(C)O. The van der Waals surface area contributed by atoms with Crippen LogP contribution in [0, 0.1) is 0 Å². The first-order valence-corrected chi connectivity index (χ1v) is 4.80. The van der Waals surface area contributed by atoms with Crippen LogP contribution in [0.4, 0.5) is 0 Å². The Kier molecular flexibility index (Phi) is 2.06. The normalized spacial score (nSPS) is 24.9. The highest BCUT2D eigenvalue weighted by atomic mass is 16.3. The molecule has 1 aliphatic rings. The molecule has 0 fully saturated rings. The summed E-state index contributed by atoms with van der Waals surface area (Å²) in [7, 11) is 3.47. The van der Waals surface area contributed by atoms with Crippen molar-refractivity contribution >= 4 is 5.91 Å². The lowest BCUT2D eigenvalue weighted by Gasteiger charge is -2.35. The predicted molar refractivity (Wildman–Crippen MR) is 55.9 cm³/mol. The summed E-state index contributed by atoms with van der Waals surface area (Å²) in [5.74, 6) is -0.166. The van der Waals surface area contributed by atoms with Gasteiger partial charge in [-0.15, -0.1) is 0 Å². The van der Waals surface area contributed by atoms with Crippen LogP contribution >= 0.6 is 0 Å². The number of nitrogens with zero attached hydrogens (tertiary/aromatic N) is 2. The third kappa shape index (κ3) is 1.26. The van der Waals surface area contributed by atoms with E-state index in [1.54, 1.807) is 44.2 Å². The Hall–Kier alpha value is -1.39. The summed E-state index contributed by atoms with van der Waals surface area (Å²) < 4.78 is 0. The number of fused-ring (bicyclic) bond motifs is 1. The van der Waals surface area contributed by atoms with Gasteiger partial charge in [-0.2, -0.15) is 0 Å². The third-order valence-electron chi connectivity index (χ3n) is 2.67. The van der Waals surface area contributed by atoms with Crippen LogP contribution in [0.25, 0.3) is 0 Å². The van der Waals surface area contributed by atoms with Crippen molar-refractivity contribution in [3.05, 3.63) is 35.4 Å². The Morgan fingerprint density at radius 2 is 1.93 bits per heavy atom. The van der Waals surface area contributed by atoms with E-state index in [-0.39, 0.29) is 5.91 Å². The minimum atomic E-state index is -1.25. The number of rotatable bonds is 1. The van der Waals surface area contributed by atoms with Gasteiger partial charge >= 0.3 is 0 Å². The number of hydrogen-bond acceptors (Lipinski definition) is 3. The molecule has 0 spiro atoms. The van der Waals surface area contributed by atoms with Crippen LogP contribution < -0.4 is 0 Å². The maximum absolute atomic E-state index is 12.0. The van der Waals surface area contributed by atoms with E-state index < -0.39 is 5.72 Å². The molecule has 0 saturated heterocycles. The first kappa shape index (κ1) is 10.1. The Balaban J connectivity index is 2.60. The molecular formula is C11H14N2O2. The maximum Gasteiger partial charge on any atom is 0.271 e. The fourth-order valence-electron chi connectivity index (χ4n) is 2.08. The molecule has 1 amide bonds. The number of amides is 1. The number of carbonyl (C=O) groups is 1. The highest BCUT2D eigenvalue weighted by molar-refractivity contribution is 5.99. The molecule has 0 aliphatic carbocycles. The van der Waals surface area contributed by atoms with Gasteiger partial charge in [0.15, 0.2) is 5.72 Å². The number of carbonyl (C=O) groups excluding carboxylic acids is 1. The molecule has 4 nitrogen and oxygen atoms in total. The molecule has 1 N–H and O–H groups in total. The summed E-state index contributed by atoms with van der Waals surface area (Å²) in [5, 5.41) is 13.3. The topological polar surface area (TPSA) is 43.8 Å². The molecule has 0 aromatic heterocycles. The van der Waals surface area contributed by atoms with Crippen LogP contribution in [0.1, 0.15) is 22.8 Å². The van der Waals surface area contributed by atoms with Crippen LogP contribution in [0.15, 0.2) is 24.3 Å². The number of benzene rings is 1. The molecule has 1 atom stereocenters. The Bertz CT molecular complexity index is 413. The lowest BCUT2D eigenvalue weighted by atomic mass is 10.0. The molecule has 1 unspecified atom stereocenters. The second-order valence-corrected chi connectivity index (χ2v) is 4.03. The van der Waals surface area contributed by atoms with Crippen LogP contribution in [0.5, 0.6) is 0 Å². The Labute approximate surface area is 88.7 Å². The fraction of sp³-hybridized carbons (Fsp3) is 0.364. The minimum Gasteiger partial charge on any atom is -0.366 e. The van der Waals surface area contributed by atoms with Gasteiger partial charge in [0.05, 0.1) is 0 Å². The lowest BCUT2D eigenvalue weighted by molar-refractivity contribution is -0.151. The van der Waals surface area contributed by atoms with Crippen LogP contribution in [-0.2, 0) is 5.72 Å². The average Bonchev–Trinajstić information content (AvgIpc) is 2.36. The molecule has 1 aromatic rings. The minimum absolute atomic E-state index is 0.166. The van der Waals surface area contributed by atoms with Crippen LogP contribution in [0.2, 0.25) is 0 Å². The first-order valence-electron chi connectivity index (χ1n) is 4.80. The molecule has 1 aliphatic heterocycles. The molecule has 0 bridgehead atoms. The molecule has 1 aromatic carbocycles. The molecule has 0 saturated carbocycles. The quantitative estimate of drug-likeness (QED) is 0.738. The van der Waals surface area contributed by atoms with E-state index in [2.05, 4.69) is 0 Å². The summed E-state index contributed by atoms with van der Waals surface area (Å²) in [6, 6.07) is 7.12. The molecule has 0 radical (unpaired) electrons. The lowest BCUT2D eigenvalue weighted by Crippen LogP contribution is -2.49. The summed E-state index contributed by atoms with van der Waals surface area (Å²) in [6.45, 7) is 1.62. The number of hydrogen-bond donors (Lipinski definition) is 1. The number of aliphatic hydroxyl groups is 1. The zero-order valence-electron chi connectivity index (χ0n) is 9.06. The summed E-state index contributed by atoms with van der Waals surface area (Å²) in [6.07, 6.45) is 0. The zero-order chi connectivity index (χ0) is 11.2. The van der Waals surface area contributed by atoms with Crippen LogP contribution in [0.3, 0.4) is 0 Å². The van der Waals surface area contributed by atoms with E-state index in [4.69, 9.17) is 0 Å². The first-order chi connectivity index (χ1) is 6.96. The van der Waals surface area contributed by atoms with Crippen molar-refractivity contribution in [2.45, 2.75) is 12.6 Å². The number of hydrazine groups is 1. The van der Waals surface area contributed by atoms with E-state index in [1.807, 2.05) is 6.07 Å². The van der Waals surface area contributed by atoms with Gasteiger partial charge in [0.2, 0.25) is 0 Å². The molecule has 4 heteroatoms. The molecule has 1 heterocycles. The van der Waals surface area contributed by atoms with Crippen molar-refractivity contribution in [2.75, 3.05) is 14.1 Å². The molecule has 2 rings (SSSR count). The van der Waals surface area contributed by atoms with Crippen molar-refractivity contribution in [3.8, 4) is 0 Å². The highest BCUT2D eigenvalue weighted by Gasteiger charge is 2.46. The van der Waals surface area contributed by atoms with Crippen molar-refractivity contribution < 1.29 is 9.90 Å². The Morgan fingerprint density at radius 3 is 2.47 bits per heavy atom. The largest absolute Gasteiger partial charge is 0.366 e. The highest BCUT2D eigenvalue weighted by Crippen LogP contribution is 2.36. The average molecular weight is 206 g/mol. The van der Waals surface area contributed by atoms with Crippen molar-refractivity contribution in [2.24, 2.45) is 0 Å². The Morgan fingerprint density at radius 1 is 1.33 bits per heavy atom. The van der Waals surface area contributed by atoms with Crippen molar-refractivity contribution in [3.63, 3.8) is 0 Å². The molecule has 80 valence electrons. The van der Waals surface area contributed by atoms with Gasteiger partial charge in [0.1, 0.15) is 0 Å². The van der Waals surface area contributed by atoms with Crippen molar-refractivity contribution in [1.29, 1.82) is 0 Å². The van der Waals surface area contributed by atoms with E-state index in [0.717, 1.165) is 0 Å². The van der Waals surface area contributed by atoms with E-state index in [9.17, 15) is 9.90 Å². The van der Waals surface area contributed by atoms with Gasteiger partial charge in [-0.25, -0.2) is 10.0 Å². The fourth-order valence-corrected chi connectivity index (χ4v) is 2.08. The van der Waals surface area contributed by atoms with E-state index in [0.29, 0.717) is 11.1 Å².